The first-order valence-corrected chi connectivity index (χ1v) is 10.9. The zero-order valence-electron chi connectivity index (χ0n) is 18.8. The van der Waals surface area contributed by atoms with Crippen LogP contribution in [0.1, 0.15) is 45.3 Å². The maximum atomic E-state index is 13.7. The van der Waals surface area contributed by atoms with Crippen LogP contribution in [0.15, 0.2) is 29.3 Å². The molecule has 0 aliphatic carbocycles. The smallest absolute Gasteiger partial charge is 0.374 e. The van der Waals surface area contributed by atoms with Gasteiger partial charge in [-0.05, 0) is 44.9 Å². The topological polar surface area (TPSA) is 149 Å². The van der Waals surface area contributed by atoms with E-state index < -0.39 is 17.4 Å². The second-order valence-electron chi connectivity index (χ2n) is 9.10. The summed E-state index contributed by atoms with van der Waals surface area (Å²) in [5, 5.41) is 27.0. The SMILES string of the molecule is CC(C)(C)OC(=O)C1(N2CCC2)N=C(c2nn[nH]n2)C(c2ncccn2)=C(N2CCC2)N1O. The van der Waals surface area contributed by atoms with E-state index >= 15 is 0 Å². The molecule has 5 heterocycles. The summed E-state index contributed by atoms with van der Waals surface area (Å²) in [5.74, 6) is -1.69. The van der Waals surface area contributed by atoms with Crippen LogP contribution in [0.25, 0.3) is 5.57 Å². The lowest BCUT2D eigenvalue weighted by Gasteiger charge is -2.53. The summed E-state index contributed by atoms with van der Waals surface area (Å²) in [4.78, 5) is 31.0. The number of aromatic amines is 1. The zero-order chi connectivity index (χ0) is 23.2. The van der Waals surface area contributed by atoms with E-state index in [4.69, 9.17) is 9.73 Å². The number of carbonyl (C=O) groups excluding carboxylic acids is 1. The normalized spacial score (nSPS) is 23.7. The number of tetrazole rings is 1. The third-order valence-corrected chi connectivity index (χ3v) is 5.70. The number of aliphatic imine (C=N–C) groups is 1. The minimum Gasteiger partial charge on any atom is -0.456 e. The lowest BCUT2D eigenvalue weighted by molar-refractivity contribution is -0.247. The number of rotatable bonds is 5. The maximum absolute atomic E-state index is 13.7. The molecular formula is C20H26N10O3. The van der Waals surface area contributed by atoms with Crippen LogP contribution in [0, 0.1) is 0 Å². The summed E-state index contributed by atoms with van der Waals surface area (Å²) in [6, 6.07) is 1.70. The van der Waals surface area contributed by atoms with E-state index in [9.17, 15) is 10.0 Å². The molecule has 0 saturated carbocycles. The fourth-order valence-corrected chi connectivity index (χ4v) is 3.94. The lowest BCUT2D eigenvalue weighted by Crippen LogP contribution is -2.70. The summed E-state index contributed by atoms with van der Waals surface area (Å²) in [6.45, 7) is 7.82. The molecule has 33 heavy (non-hydrogen) atoms. The Labute approximate surface area is 190 Å². The summed E-state index contributed by atoms with van der Waals surface area (Å²) < 4.78 is 5.77. The number of hydroxylamine groups is 2. The highest BCUT2D eigenvalue weighted by molar-refractivity contribution is 6.31. The number of nitrogens with one attached hydrogen (secondary N) is 1. The highest BCUT2D eigenvalue weighted by Gasteiger charge is 2.59. The van der Waals surface area contributed by atoms with Gasteiger partial charge in [0.15, 0.2) is 5.82 Å². The van der Waals surface area contributed by atoms with Gasteiger partial charge in [0, 0.05) is 38.6 Å². The quantitative estimate of drug-likeness (QED) is 0.599. The number of hydrogen-bond donors (Lipinski definition) is 2. The van der Waals surface area contributed by atoms with Crippen molar-refractivity contribution in [2.24, 2.45) is 4.99 Å². The molecule has 1 atom stereocenters. The Hall–Kier alpha value is -3.45. The molecule has 1 unspecified atom stereocenters. The van der Waals surface area contributed by atoms with Gasteiger partial charge in [-0.3, -0.25) is 10.1 Å². The summed E-state index contributed by atoms with van der Waals surface area (Å²) in [7, 11) is 0. The molecule has 2 aromatic heterocycles. The van der Waals surface area contributed by atoms with E-state index in [2.05, 4.69) is 30.6 Å². The average molecular weight is 454 g/mol. The van der Waals surface area contributed by atoms with Crippen molar-refractivity contribution in [3.05, 3.63) is 35.9 Å². The van der Waals surface area contributed by atoms with Gasteiger partial charge in [-0.25, -0.2) is 19.8 Å². The predicted molar refractivity (Wildman–Crippen MR) is 114 cm³/mol. The fourth-order valence-electron chi connectivity index (χ4n) is 3.94. The molecule has 0 aromatic carbocycles. The highest BCUT2D eigenvalue weighted by atomic mass is 16.6. The van der Waals surface area contributed by atoms with Gasteiger partial charge in [-0.1, -0.05) is 0 Å². The van der Waals surface area contributed by atoms with E-state index in [0.29, 0.717) is 43.4 Å². The van der Waals surface area contributed by atoms with Crippen molar-refractivity contribution in [3.63, 3.8) is 0 Å². The Morgan fingerprint density at radius 2 is 1.82 bits per heavy atom. The molecule has 2 aromatic rings. The molecule has 13 heteroatoms. The second-order valence-corrected chi connectivity index (χ2v) is 9.10. The Morgan fingerprint density at radius 1 is 1.12 bits per heavy atom. The summed E-state index contributed by atoms with van der Waals surface area (Å²) in [5.41, 5.74) is -0.125. The van der Waals surface area contributed by atoms with Gasteiger partial charge in [0.1, 0.15) is 17.1 Å². The number of ether oxygens (including phenoxy) is 1. The third kappa shape index (κ3) is 3.53. The fraction of sp³-hybridized carbons (Fsp3) is 0.550. The molecule has 3 aliphatic rings. The monoisotopic (exact) mass is 454 g/mol. The first kappa shape index (κ1) is 21.4. The van der Waals surface area contributed by atoms with Crippen LogP contribution < -0.4 is 0 Å². The molecule has 0 bridgehead atoms. The standard InChI is InChI=1S/C20H26N10O3/c1-19(2,3)33-18(31)20(29-11-6-12-29)23-14(16-24-26-27-25-16)13(15-21-7-4-8-22-15)17(30(20)32)28-9-5-10-28/h4,7-8,32H,5-6,9-12H2,1-3H3,(H,24,25,26,27). The van der Waals surface area contributed by atoms with Gasteiger partial charge in [0.2, 0.25) is 5.82 Å². The number of nitrogens with zero attached hydrogens (tertiary/aromatic N) is 9. The molecule has 3 aliphatic heterocycles. The number of aromatic nitrogens is 6. The van der Waals surface area contributed by atoms with Crippen molar-refractivity contribution < 1.29 is 14.7 Å². The van der Waals surface area contributed by atoms with Gasteiger partial charge in [-0.2, -0.15) is 10.3 Å². The molecule has 5 rings (SSSR count). The highest BCUT2D eigenvalue weighted by Crippen LogP contribution is 2.41. The van der Waals surface area contributed by atoms with Crippen molar-refractivity contribution in [1.82, 2.24) is 45.5 Å². The van der Waals surface area contributed by atoms with E-state index in [-0.39, 0.29) is 11.5 Å². The van der Waals surface area contributed by atoms with Gasteiger partial charge in [-0.15, -0.1) is 10.2 Å². The van der Waals surface area contributed by atoms with Crippen LogP contribution in [0.3, 0.4) is 0 Å². The molecule has 2 saturated heterocycles. The Balaban J connectivity index is 1.76. The molecular weight excluding hydrogens is 428 g/mol. The number of allylic oxidation sites excluding steroid dienone is 1. The first-order valence-electron chi connectivity index (χ1n) is 10.9. The van der Waals surface area contributed by atoms with Gasteiger partial charge >= 0.3 is 11.8 Å². The number of H-pyrrole nitrogens is 1. The zero-order valence-corrected chi connectivity index (χ0v) is 18.8. The van der Waals surface area contributed by atoms with Gasteiger partial charge in [0.25, 0.3) is 0 Å². The van der Waals surface area contributed by atoms with Gasteiger partial charge < -0.3 is 9.64 Å². The largest absolute Gasteiger partial charge is 0.456 e. The van der Waals surface area contributed by atoms with Crippen LogP contribution in [0.4, 0.5) is 0 Å². The summed E-state index contributed by atoms with van der Waals surface area (Å²) >= 11 is 0. The maximum Gasteiger partial charge on any atom is 0.374 e. The third-order valence-electron chi connectivity index (χ3n) is 5.70. The number of likely N-dealkylation sites (tertiary alicyclic amines) is 2. The number of hydrogen-bond acceptors (Lipinski definition) is 12. The number of esters is 1. The predicted octanol–water partition coefficient (Wildman–Crippen LogP) is 0.259. The van der Waals surface area contributed by atoms with Crippen LogP contribution in [0.2, 0.25) is 0 Å². The average Bonchev–Trinajstić information content (AvgIpc) is 3.22. The van der Waals surface area contributed by atoms with E-state index in [0.717, 1.165) is 17.9 Å². The molecule has 0 amide bonds. The lowest BCUT2D eigenvalue weighted by atomic mass is 10.00. The van der Waals surface area contributed by atoms with Gasteiger partial charge in [0.05, 0.1) is 5.57 Å². The van der Waals surface area contributed by atoms with E-state index in [1.54, 1.807) is 44.1 Å². The van der Waals surface area contributed by atoms with Crippen LogP contribution in [-0.4, -0.2) is 99.9 Å². The van der Waals surface area contributed by atoms with Crippen molar-refractivity contribution in [3.8, 4) is 0 Å². The molecule has 0 radical (unpaired) electrons. The van der Waals surface area contributed by atoms with Crippen LogP contribution >= 0.6 is 0 Å². The van der Waals surface area contributed by atoms with E-state index in [1.165, 1.54) is 0 Å². The first-order chi connectivity index (χ1) is 15.8. The molecule has 13 nitrogen and oxygen atoms in total. The molecule has 0 spiro atoms. The minimum atomic E-state index is -1.84. The van der Waals surface area contributed by atoms with Crippen LogP contribution in [-0.2, 0) is 9.53 Å². The van der Waals surface area contributed by atoms with Crippen molar-refractivity contribution in [1.29, 1.82) is 0 Å². The van der Waals surface area contributed by atoms with E-state index in [1.807, 2.05) is 4.90 Å². The molecule has 2 N–H and O–H groups in total. The Kier molecular flexibility index (Phi) is 5.09. The molecule has 2 fully saturated rings. The Bertz CT molecular complexity index is 1090. The Morgan fingerprint density at radius 3 is 2.33 bits per heavy atom. The number of carbonyl (C=O) groups is 1. The van der Waals surface area contributed by atoms with Crippen molar-refractivity contribution in [2.75, 3.05) is 26.2 Å². The second kappa shape index (κ2) is 7.85. The van der Waals surface area contributed by atoms with Crippen molar-refractivity contribution >= 4 is 17.3 Å². The molecule has 174 valence electrons. The van der Waals surface area contributed by atoms with Crippen molar-refractivity contribution in [2.45, 2.75) is 45.0 Å². The minimum absolute atomic E-state index is 0.164. The van der Waals surface area contributed by atoms with Crippen LogP contribution in [0.5, 0.6) is 0 Å². The summed E-state index contributed by atoms with van der Waals surface area (Å²) in [6.07, 6.45) is 5.01.